The fraction of sp³-hybridized carbons (Fsp3) is 0.956. The van der Waals surface area contributed by atoms with Crippen LogP contribution in [0.1, 0.15) is 114 Å². The summed E-state index contributed by atoms with van der Waals surface area (Å²) in [6.07, 6.45) is -8.24. The first-order chi connectivity index (χ1) is 28.3. The van der Waals surface area contributed by atoms with Crippen LogP contribution in [0.5, 0.6) is 0 Å². The van der Waals surface area contributed by atoms with Crippen LogP contribution in [0, 0.1) is 50.7 Å². The van der Waals surface area contributed by atoms with E-state index in [1.807, 2.05) is 13.8 Å². The van der Waals surface area contributed by atoms with Gasteiger partial charge in [-0.2, -0.15) is 0 Å². The number of esters is 2. The Hall–Kier alpha value is -1.54. The second-order valence-corrected chi connectivity index (χ2v) is 22.3. The van der Waals surface area contributed by atoms with Gasteiger partial charge in [-0.25, -0.2) is 0 Å². The van der Waals surface area contributed by atoms with Crippen molar-refractivity contribution in [2.75, 3.05) is 19.8 Å². The molecule has 0 bridgehead atoms. The van der Waals surface area contributed by atoms with Crippen molar-refractivity contribution in [3.63, 3.8) is 0 Å². The van der Waals surface area contributed by atoms with E-state index in [1.54, 1.807) is 0 Å². The smallest absolute Gasteiger partial charge is 0.303 e. The number of fused-ring (bicyclic) bond motifs is 2. The highest BCUT2D eigenvalue weighted by atomic mass is 16.7. The number of ether oxygens (including phenoxy) is 7. The van der Waals surface area contributed by atoms with Gasteiger partial charge in [0.25, 0.3) is 0 Å². The van der Waals surface area contributed by atoms with Crippen molar-refractivity contribution in [2.24, 2.45) is 50.7 Å². The molecule has 5 saturated carbocycles. The van der Waals surface area contributed by atoms with Crippen molar-refractivity contribution >= 4 is 11.9 Å². The SMILES string of the molecule is CC(=O)O[C@@H]1[C@H](O[C@H]2CC[C@]34C[C@]35CC[C@@]3(C)[C@H]([C@]6(C)C[C@@H](C(C)(C)O)CO6)[C@H](O)C[C@@]3(C)[C@@H]5C[C@@H](O[C@@H]3O[C@@H](CO)[C@H](O)[C@@H](O)[C@H]3O)[C@@H]4C2(C)C)OC[C@@H](OC(C)=O)[C@H]1O. The van der Waals surface area contributed by atoms with Crippen LogP contribution in [0.25, 0.3) is 0 Å². The van der Waals surface area contributed by atoms with Gasteiger partial charge in [-0.15, -0.1) is 0 Å². The monoisotopic (exact) mass is 868 g/mol. The summed E-state index contributed by atoms with van der Waals surface area (Å²) in [6, 6.07) is 0. The molecule has 5 aliphatic carbocycles. The molecule has 8 fully saturated rings. The maximum absolute atomic E-state index is 12.3. The maximum atomic E-state index is 12.3. The third-order valence-corrected chi connectivity index (χ3v) is 18.4. The zero-order valence-electron chi connectivity index (χ0n) is 37.3. The highest BCUT2D eigenvalue weighted by molar-refractivity contribution is 5.67. The summed E-state index contributed by atoms with van der Waals surface area (Å²) in [5, 5.41) is 77.6. The minimum Gasteiger partial charge on any atom is -0.457 e. The molecule has 2 spiro atoms. The van der Waals surface area contributed by atoms with E-state index in [2.05, 4.69) is 34.6 Å². The van der Waals surface area contributed by atoms with Crippen LogP contribution in [-0.2, 0) is 42.7 Å². The molecule has 0 unspecified atom stereocenters. The van der Waals surface area contributed by atoms with Crippen LogP contribution >= 0.6 is 0 Å². The van der Waals surface area contributed by atoms with E-state index in [1.165, 1.54) is 13.8 Å². The fourth-order valence-corrected chi connectivity index (χ4v) is 15.5. The third-order valence-electron chi connectivity index (χ3n) is 18.4. The summed E-state index contributed by atoms with van der Waals surface area (Å²) in [6.45, 7) is 16.7. The van der Waals surface area contributed by atoms with Gasteiger partial charge < -0.3 is 68.9 Å². The first-order valence-electron chi connectivity index (χ1n) is 22.6. The van der Waals surface area contributed by atoms with Gasteiger partial charge in [-0.05, 0) is 111 Å². The van der Waals surface area contributed by atoms with E-state index in [9.17, 15) is 45.3 Å². The summed E-state index contributed by atoms with van der Waals surface area (Å²) in [5.41, 5.74) is -3.35. The Morgan fingerprint density at radius 2 is 1.44 bits per heavy atom. The predicted molar refractivity (Wildman–Crippen MR) is 213 cm³/mol. The van der Waals surface area contributed by atoms with Crippen molar-refractivity contribution in [3.05, 3.63) is 0 Å². The van der Waals surface area contributed by atoms with E-state index in [0.717, 1.165) is 25.7 Å². The summed E-state index contributed by atoms with van der Waals surface area (Å²) >= 11 is 0. The molecule has 0 radical (unpaired) electrons. The van der Waals surface area contributed by atoms with E-state index in [-0.39, 0.29) is 51.9 Å². The summed E-state index contributed by atoms with van der Waals surface area (Å²) in [5.74, 6) is -1.70. The largest absolute Gasteiger partial charge is 0.457 e. The maximum Gasteiger partial charge on any atom is 0.303 e. The zero-order valence-corrected chi connectivity index (χ0v) is 37.3. The first-order valence-corrected chi connectivity index (χ1v) is 22.6. The highest BCUT2D eigenvalue weighted by Gasteiger charge is 2.85. The number of aliphatic hydroxyl groups excluding tert-OH is 6. The standard InChI is InChI=1S/C45H72O16/c1-21(47)57-27-19-55-38(34(31(27)51)58-22(2)48)61-29-10-11-45-20-44(45)13-12-41(7)35(43(9)15-23(18-56-43)40(5,6)54)24(49)16-42(41,8)28(44)14-25(36(45)39(29,3)4)59-37-33(53)32(52)30(50)26(17-46)60-37/h23-38,46,49-54H,10-20H2,1-9H3/t23-,24-,25-,26+,27-,28+,29+,30+,31-,32-,33-,34+,35-,36-,37-,38+,41+,42+,43+,44+,45-/m1/s1. The lowest BCUT2D eigenvalue weighted by molar-refractivity contribution is -0.339. The molecule has 8 aliphatic rings. The quantitative estimate of drug-likeness (QED) is 0.129. The normalized spacial score (nSPS) is 53.8. The molecule has 8 rings (SSSR count). The number of hydrogen-bond acceptors (Lipinski definition) is 16. The molecule has 21 atom stereocenters. The number of hydrogen-bond donors (Lipinski definition) is 7. The molecule has 3 saturated heterocycles. The Balaban J connectivity index is 1.14. The Bertz CT molecular complexity index is 1680. The van der Waals surface area contributed by atoms with Gasteiger partial charge in [-0.1, -0.05) is 27.7 Å². The van der Waals surface area contributed by atoms with Gasteiger partial charge in [0.1, 0.15) is 30.5 Å². The molecular formula is C45H72O16. The Kier molecular flexibility index (Phi) is 11.5. The molecule has 0 aromatic heterocycles. The van der Waals surface area contributed by atoms with E-state index < -0.39 is 109 Å². The molecule has 61 heavy (non-hydrogen) atoms. The zero-order chi connectivity index (χ0) is 44.6. The first kappa shape index (κ1) is 46.0. The van der Waals surface area contributed by atoms with Crippen molar-refractivity contribution in [1.82, 2.24) is 0 Å². The van der Waals surface area contributed by atoms with Crippen molar-refractivity contribution in [1.29, 1.82) is 0 Å². The molecule has 16 nitrogen and oxygen atoms in total. The van der Waals surface area contributed by atoms with Gasteiger partial charge in [0.05, 0.1) is 49.3 Å². The molecular weight excluding hydrogens is 796 g/mol. The van der Waals surface area contributed by atoms with Crippen LogP contribution in [0.4, 0.5) is 0 Å². The molecule has 348 valence electrons. The predicted octanol–water partition coefficient (Wildman–Crippen LogP) is 1.72. The van der Waals surface area contributed by atoms with E-state index in [0.29, 0.717) is 32.3 Å². The fourth-order valence-electron chi connectivity index (χ4n) is 15.5. The highest BCUT2D eigenvalue weighted by Crippen LogP contribution is 2.89. The van der Waals surface area contributed by atoms with Crippen LogP contribution in [0.3, 0.4) is 0 Å². The van der Waals surface area contributed by atoms with Crippen LogP contribution in [0.2, 0.25) is 0 Å². The van der Waals surface area contributed by atoms with Crippen LogP contribution < -0.4 is 0 Å². The minimum atomic E-state index is -1.63. The number of carbonyl (C=O) groups is 2. The topological polar surface area (TPSA) is 240 Å². The molecule has 0 aromatic rings. The Labute approximate surface area is 358 Å². The second kappa shape index (κ2) is 15.3. The summed E-state index contributed by atoms with van der Waals surface area (Å²) in [4.78, 5) is 24.1. The molecule has 0 aromatic carbocycles. The molecule has 0 amide bonds. The van der Waals surface area contributed by atoms with Gasteiger partial charge in [0.15, 0.2) is 24.8 Å². The molecule has 3 heterocycles. The Morgan fingerprint density at radius 1 is 0.754 bits per heavy atom. The molecule has 7 N–H and O–H groups in total. The van der Waals surface area contributed by atoms with Crippen molar-refractivity contribution in [3.8, 4) is 0 Å². The number of aliphatic hydroxyl groups is 7. The van der Waals surface area contributed by atoms with Gasteiger partial charge in [-0.3, -0.25) is 9.59 Å². The van der Waals surface area contributed by atoms with Crippen LogP contribution in [0.15, 0.2) is 0 Å². The van der Waals surface area contributed by atoms with Gasteiger partial charge in [0, 0.05) is 25.7 Å². The second-order valence-electron chi connectivity index (χ2n) is 22.3. The summed E-state index contributed by atoms with van der Waals surface area (Å²) < 4.78 is 43.3. The van der Waals surface area contributed by atoms with Gasteiger partial charge >= 0.3 is 11.9 Å². The average molecular weight is 869 g/mol. The number of carbonyl (C=O) groups excluding carboxylic acids is 2. The lowest BCUT2D eigenvalue weighted by Crippen LogP contribution is -2.65. The average Bonchev–Trinajstić information content (AvgIpc) is 3.52. The lowest BCUT2D eigenvalue weighted by atomic mass is 9.41. The Morgan fingerprint density at radius 3 is 2.07 bits per heavy atom. The van der Waals surface area contributed by atoms with E-state index in [4.69, 9.17) is 33.2 Å². The summed E-state index contributed by atoms with van der Waals surface area (Å²) in [7, 11) is 0. The van der Waals surface area contributed by atoms with E-state index >= 15 is 0 Å². The van der Waals surface area contributed by atoms with Crippen molar-refractivity contribution in [2.45, 2.75) is 199 Å². The molecule has 3 aliphatic heterocycles. The lowest BCUT2D eigenvalue weighted by Gasteiger charge is -2.65. The van der Waals surface area contributed by atoms with Gasteiger partial charge in [0.2, 0.25) is 0 Å². The minimum absolute atomic E-state index is 0.0660. The number of rotatable bonds is 9. The third kappa shape index (κ3) is 6.89. The van der Waals surface area contributed by atoms with Crippen molar-refractivity contribution < 1.29 is 78.5 Å². The molecule has 16 heteroatoms. The van der Waals surface area contributed by atoms with Crippen LogP contribution in [-0.4, -0.2) is 152 Å².